The van der Waals surface area contributed by atoms with Crippen LogP contribution in [0.25, 0.3) is 0 Å². The van der Waals surface area contributed by atoms with Crippen LogP contribution in [0.15, 0.2) is 0 Å². The molecule has 8 N–H and O–H groups in total. The van der Waals surface area contributed by atoms with Gasteiger partial charge in [-0.05, 0) is 27.7 Å². The van der Waals surface area contributed by atoms with E-state index in [2.05, 4.69) is 21.3 Å². The minimum Gasteiger partial charge on any atom is -0.370 e. The van der Waals surface area contributed by atoms with Crippen molar-refractivity contribution in [3.05, 3.63) is 0 Å². The molecule has 0 aromatic carbocycles. The number of rotatable bonds is 11. The Morgan fingerprint density at radius 1 is 0.786 bits per heavy atom. The number of hydrogen-bond acceptors (Lipinski definition) is 7. The second-order valence-electron chi connectivity index (χ2n) is 6.41. The maximum Gasteiger partial charge on any atom is 0.243 e. The highest BCUT2D eigenvalue weighted by atomic mass is 16.2. The first-order valence-corrected chi connectivity index (χ1v) is 8.59. The van der Waals surface area contributed by atoms with Crippen LogP contribution in [0, 0.1) is 0 Å². The third-order valence-electron chi connectivity index (χ3n) is 3.53. The van der Waals surface area contributed by atoms with Gasteiger partial charge in [0.15, 0.2) is 0 Å². The standard InChI is InChI=1S/C16H28N6O6/c1-7(6-23)19-14(26)9(3)20-15(27)10(4)21-16(28)11(5-12(18)24)22-13(25)8(2)17/h6-11H,5,17H2,1-4H3,(H2,18,24)(H,19,26)(H,20,27)(H,21,28)(H,22,25)/t7-,8-,9-,10-,11-/m0/s1. The molecule has 12 heteroatoms. The number of nitrogens with two attached hydrogens (primary N) is 2. The highest BCUT2D eigenvalue weighted by Crippen LogP contribution is 1.96. The van der Waals surface area contributed by atoms with Crippen molar-refractivity contribution < 1.29 is 28.8 Å². The molecule has 5 atom stereocenters. The van der Waals surface area contributed by atoms with E-state index in [0.29, 0.717) is 6.29 Å². The minimum atomic E-state index is -1.31. The fraction of sp³-hybridized carbons (Fsp3) is 0.625. The largest absolute Gasteiger partial charge is 0.370 e. The van der Waals surface area contributed by atoms with Crippen molar-refractivity contribution >= 4 is 35.8 Å². The van der Waals surface area contributed by atoms with Gasteiger partial charge in [-0.3, -0.25) is 24.0 Å². The SMILES string of the molecule is C[C@H](N)C(=O)N[C@@H](CC(N)=O)C(=O)N[C@@H](C)C(=O)N[C@@H](C)C(=O)N[C@@H](C)C=O. The Kier molecular flexibility index (Phi) is 10.4. The molecule has 158 valence electrons. The molecule has 0 aliphatic rings. The van der Waals surface area contributed by atoms with Gasteiger partial charge in [-0.15, -0.1) is 0 Å². The van der Waals surface area contributed by atoms with E-state index in [1.54, 1.807) is 0 Å². The average molecular weight is 400 g/mol. The highest BCUT2D eigenvalue weighted by molar-refractivity contribution is 5.96. The molecule has 0 radical (unpaired) electrons. The monoisotopic (exact) mass is 400 g/mol. The van der Waals surface area contributed by atoms with Gasteiger partial charge in [0.2, 0.25) is 29.5 Å². The molecule has 0 aromatic rings. The molecule has 0 saturated carbocycles. The zero-order valence-corrected chi connectivity index (χ0v) is 16.3. The summed E-state index contributed by atoms with van der Waals surface area (Å²) in [5, 5.41) is 9.34. The Morgan fingerprint density at radius 3 is 1.68 bits per heavy atom. The molecule has 0 heterocycles. The fourth-order valence-corrected chi connectivity index (χ4v) is 1.88. The van der Waals surface area contributed by atoms with Crippen LogP contribution in [0.3, 0.4) is 0 Å². The molecule has 0 aliphatic heterocycles. The second-order valence-corrected chi connectivity index (χ2v) is 6.41. The second kappa shape index (κ2) is 11.6. The number of primary amides is 1. The van der Waals surface area contributed by atoms with Gasteiger partial charge in [-0.25, -0.2) is 0 Å². The van der Waals surface area contributed by atoms with Crippen LogP contribution < -0.4 is 32.7 Å². The summed E-state index contributed by atoms with van der Waals surface area (Å²) in [7, 11) is 0. The fourth-order valence-electron chi connectivity index (χ4n) is 1.88. The summed E-state index contributed by atoms with van der Waals surface area (Å²) in [6, 6.07) is -4.99. The molecule has 0 fully saturated rings. The van der Waals surface area contributed by atoms with E-state index in [9.17, 15) is 28.8 Å². The lowest BCUT2D eigenvalue weighted by molar-refractivity contribution is -0.134. The van der Waals surface area contributed by atoms with Crippen LogP contribution in [-0.4, -0.2) is 66.0 Å². The summed E-state index contributed by atoms with van der Waals surface area (Å²) in [5.74, 6) is -3.60. The molecule has 0 unspecified atom stereocenters. The van der Waals surface area contributed by atoms with Gasteiger partial charge in [-0.2, -0.15) is 0 Å². The number of aldehydes is 1. The van der Waals surface area contributed by atoms with E-state index >= 15 is 0 Å². The van der Waals surface area contributed by atoms with Gasteiger partial charge in [0, 0.05) is 0 Å². The zero-order valence-electron chi connectivity index (χ0n) is 16.3. The van der Waals surface area contributed by atoms with Gasteiger partial charge in [-0.1, -0.05) is 0 Å². The average Bonchev–Trinajstić information content (AvgIpc) is 2.59. The van der Waals surface area contributed by atoms with Gasteiger partial charge in [0.1, 0.15) is 24.4 Å². The first kappa shape index (κ1) is 25.0. The quantitative estimate of drug-likeness (QED) is 0.192. The Labute approximate surface area is 162 Å². The Balaban J connectivity index is 4.86. The van der Waals surface area contributed by atoms with Crippen LogP contribution in [-0.2, 0) is 28.8 Å². The van der Waals surface area contributed by atoms with Gasteiger partial charge in [0.05, 0.1) is 18.5 Å². The van der Waals surface area contributed by atoms with Crippen molar-refractivity contribution in [1.29, 1.82) is 0 Å². The number of nitrogens with one attached hydrogen (secondary N) is 4. The predicted molar refractivity (Wildman–Crippen MR) is 98.3 cm³/mol. The number of amides is 5. The van der Waals surface area contributed by atoms with Crippen molar-refractivity contribution in [2.45, 2.75) is 64.3 Å². The van der Waals surface area contributed by atoms with Crippen LogP contribution in [0.4, 0.5) is 0 Å². The first-order valence-electron chi connectivity index (χ1n) is 8.59. The van der Waals surface area contributed by atoms with E-state index in [4.69, 9.17) is 11.5 Å². The number of carbonyl (C=O) groups excluding carboxylic acids is 6. The summed E-state index contributed by atoms with van der Waals surface area (Å²) in [6.45, 7) is 5.61. The van der Waals surface area contributed by atoms with Crippen molar-refractivity contribution in [3.8, 4) is 0 Å². The third-order valence-corrected chi connectivity index (χ3v) is 3.53. The van der Waals surface area contributed by atoms with Crippen LogP contribution in [0.5, 0.6) is 0 Å². The van der Waals surface area contributed by atoms with Gasteiger partial charge >= 0.3 is 0 Å². The van der Waals surface area contributed by atoms with E-state index in [1.165, 1.54) is 27.7 Å². The summed E-state index contributed by atoms with van der Waals surface area (Å²) in [6.07, 6.45) is 0.0473. The summed E-state index contributed by atoms with van der Waals surface area (Å²) >= 11 is 0. The Morgan fingerprint density at radius 2 is 1.25 bits per heavy atom. The normalized spacial score (nSPS) is 15.8. The molecule has 0 saturated heterocycles. The molecule has 0 bridgehead atoms. The Bertz CT molecular complexity index is 623. The third kappa shape index (κ3) is 9.07. The molecule has 5 amide bonds. The molecule has 0 rings (SSSR count). The predicted octanol–water partition coefficient (Wildman–Crippen LogP) is -3.59. The molecular weight excluding hydrogens is 372 g/mol. The lowest BCUT2D eigenvalue weighted by atomic mass is 10.1. The first-order chi connectivity index (χ1) is 12.9. The van der Waals surface area contributed by atoms with E-state index in [-0.39, 0.29) is 0 Å². The van der Waals surface area contributed by atoms with E-state index in [0.717, 1.165) is 0 Å². The van der Waals surface area contributed by atoms with Crippen molar-refractivity contribution in [2.75, 3.05) is 0 Å². The van der Waals surface area contributed by atoms with E-state index < -0.39 is 66.2 Å². The summed E-state index contributed by atoms with van der Waals surface area (Å²) in [5.41, 5.74) is 10.5. The maximum absolute atomic E-state index is 12.3. The molecule has 0 aromatic heterocycles. The Hall–Kier alpha value is -3.02. The zero-order chi connectivity index (χ0) is 22.0. The minimum absolute atomic E-state index is 0.485. The number of hydrogen-bond donors (Lipinski definition) is 6. The van der Waals surface area contributed by atoms with Gasteiger partial charge < -0.3 is 37.5 Å². The summed E-state index contributed by atoms with van der Waals surface area (Å²) in [4.78, 5) is 69.6. The van der Waals surface area contributed by atoms with Crippen molar-refractivity contribution in [2.24, 2.45) is 11.5 Å². The molecule has 0 aliphatic carbocycles. The molecule has 28 heavy (non-hydrogen) atoms. The van der Waals surface area contributed by atoms with Crippen LogP contribution in [0.2, 0.25) is 0 Å². The topological polar surface area (TPSA) is 203 Å². The highest BCUT2D eigenvalue weighted by Gasteiger charge is 2.28. The number of carbonyl (C=O) groups is 6. The van der Waals surface area contributed by atoms with Gasteiger partial charge in [0.25, 0.3) is 0 Å². The van der Waals surface area contributed by atoms with E-state index in [1.807, 2.05) is 0 Å². The smallest absolute Gasteiger partial charge is 0.243 e. The van der Waals surface area contributed by atoms with Crippen molar-refractivity contribution in [1.82, 2.24) is 21.3 Å². The van der Waals surface area contributed by atoms with Crippen molar-refractivity contribution in [3.63, 3.8) is 0 Å². The molecular formula is C16H28N6O6. The lowest BCUT2D eigenvalue weighted by Gasteiger charge is -2.22. The molecule has 0 spiro atoms. The maximum atomic E-state index is 12.3. The van der Waals surface area contributed by atoms with Crippen LogP contribution >= 0.6 is 0 Å². The molecule has 12 nitrogen and oxygen atoms in total. The summed E-state index contributed by atoms with van der Waals surface area (Å²) < 4.78 is 0. The lowest BCUT2D eigenvalue weighted by Crippen LogP contribution is -2.57. The van der Waals surface area contributed by atoms with Crippen LogP contribution in [0.1, 0.15) is 34.1 Å².